The van der Waals surface area contributed by atoms with Crippen LogP contribution in [0.5, 0.6) is 0 Å². The van der Waals surface area contributed by atoms with Crippen molar-refractivity contribution < 1.29 is 14.2 Å². The molecule has 4 nitrogen and oxygen atoms in total. The van der Waals surface area contributed by atoms with Crippen LogP contribution in [0, 0.1) is 0 Å². The van der Waals surface area contributed by atoms with E-state index in [2.05, 4.69) is 12.2 Å². The maximum atomic E-state index is 5.62. The molecule has 0 amide bonds. The van der Waals surface area contributed by atoms with Gasteiger partial charge in [0.1, 0.15) is 0 Å². The van der Waals surface area contributed by atoms with Gasteiger partial charge in [-0.05, 0) is 19.9 Å². The molecule has 0 aromatic carbocycles. The SMILES string of the molecule is CCC(CNC)OCCOCCCOC. The van der Waals surface area contributed by atoms with Gasteiger partial charge in [-0.1, -0.05) is 6.92 Å². The van der Waals surface area contributed by atoms with Crippen molar-refractivity contribution in [3.8, 4) is 0 Å². The molecule has 0 aliphatic carbocycles. The van der Waals surface area contributed by atoms with Crippen LogP contribution in [-0.4, -0.2) is 53.2 Å². The first-order valence-electron chi connectivity index (χ1n) is 5.68. The number of hydrogen-bond acceptors (Lipinski definition) is 4. The van der Waals surface area contributed by atoms with Crippen molar-refractivity contribution in [2.75, 3.05) is 47.1 Å². The van der Waals surface area contributed by atoms with E-state index in [0.717, 1.165) is 32.6 Å². The van der Waals surface area contributed by atoms with Crippen molar-refractivity contribution in [2.45, 2.75) is 25.9 Å². The molecule has 0 rings (SSSR count). The molecule has 0 heterocycles. The van der Waals surface area contributed by atoms with Crippen LogP contribution in [-0.2, 0) is 14.2 Å². The van der Waals surface area contributed by atoms with Crippen molar-refractivity contribution in [2.24, 2.45) is 0 Å². The van der Waals surface area contributed by atoms with Gasteiger partial charge in [0, 0.05) is 26.9 Å². The average molecular weight is 219 g/mol. The van der Waals surface area contributed by atoms with Gasteiger partial charge in [0.25, 0.3) is 0 Å². The lowest BCUT2D eigenvalue weighted by Crippen LogP contribution is -2.27. The summed E-state index contributed by atoms with van der Waals surface area (Å²) < 4.78 is 15.9. The van der Waals surface area contributed by atoms with Gasteiger partial charge >= 0.3 is 0 Å². The zero-order chi connectivity index (χ0) is 11.4. The number of ether oxygens (including phenoxy) is 3. The molecule has 0 aliphatic heterocycles. The Bertz CT molecular complexity index is 122. The first-order chi connectivity index (χ1) is 7.35. The monoisotopic (exact) mass is 219 g/mol. The second kappa shape index (κ2) is 11.9. The van der Waals surface area contributed by atoms with Crippen LogP contribution in [0.25, 0.3) is 0 Å². The fraction of sp³-hybridized carbons (Fsp3) is 1.00. The highest BCUT2D eigenvalue weighted by molar-refractivity contribution is 4.56. The van der Waals surface area contributed by atoms with Crippen LogP contribution >= 0.6 is 0 Å². The summed E-state index contributed by atoms with van der Waals surface area (Å²) in [7, 11) is 3.64. The summed E-state index contributed by atoms with van der Waals surface area (Å²) in [5.41, 5.74) is 0. The summed E-state index contributed by atoms with van der Waals surface area (Å²) in [5, 5.41) is 3.11. The van der Waals surface area contributed by atoms with Crippen LogP contribution in [0.15, 0.2) is 0 Å². The Morgan fingerprint density at radius 2 is 1.93 bits per heavy atom. The minimum atomic E-state index is 0.303. The van der Waals surface area contributed by atoms with E-state index < -0.39 is 0 Å². The number of methoxy groups -OCH3 is 1. The molecule has 1 unspecified atom stereocenters. The van der Waals surface area contributed by atoms with Gasteiger partial charge in [-0.2, -0.15) is 0 Å². The average Bonchev–Trinajstić information content (AvgIpc) is 2.26. The quantitative estimate of drug-likeness (QED) is 0.527. The first-order valence-corrected chi connectivity index (χ1v) is 5.68. The summed E-state index contributed by atoms with van der Waals surface area (Å²) in [4.78, 5) is 0. The van der Waals surface area contributed by atoms with E-state index >= 15 is 0 Å². The maximum Gasteiger partial charge on any atom is 0.0704 e. The van der Waals surface area contributed by atoms with Gasteiger partial charge in [0.15, 0.2) is 0 Å². The minimum absolute atomic E-state index is 0.303. The van der Waals surface area contributed by atoms with Crippen molar-refractivity contribution in [1.29, 1.82) is 0 Å². The van der Waals surface area contributed by atoms with Gasteiger partial charge in [-0.25, -0.2) is 0 Å². The molecule has 0 saturated heterocycles. The summed E-state index contributed by atoms with van der Waals surface area (Å²) in [6, 6.07) is 0. The molecule has 0 aromatic heterocycles. The Morgan fingerprint density at radius 3 is 2.53 bits per heavy atom. The molecule has 1 N–H and O–H groups in total. The van der Waals surface area contributed by atoms with Crippen LogP contribution < -0.4 is 5.32 Å². The third-order valence-corrected chi connectivity index (χ3v) is 2.11. The molecule has 0 radical (unpaired) electrons. The van der Waals surface area contributed by atoms with E-state index in [4.69, 9.17) is 14.2 Å². The normalized spacial score (nSPS) is 13.0. The first kappa shape index (κ1) is 14.8. The summed E-state index contributed by atoms with van der Waals surface area (Å²) >= 11 is 0. The molecule has 0 fully saturated rings. The largest absolute Gasteiger partial charge is 0.385 e. The second-order valence-corrected chi connectivity index (χ2v) is 3.42. The summed E-state index contributed by atoms with van der Waals surface area (Å²) in [6.45, 7) is 5.89. The lowest BCUT2D eigenvalue weighted by atomic mass is 10.3. The lowest BCUT2D eigenvalue weighted by Gasteiger charge is -2.15. The topological polar surface area (TPSA) is 39.7 Å². The van der Waals surface area contributed by atoms with E-state index in [-0.39, 0.29) is 0 Å². The number of likely N-dealkylation sites (N-methyl/N-ethyl adjacent to an activating group) is 1. The molecule has 15 heavy (non-hydrogen) atoms. The maximum absolute atomic E-state index is 5.62. The van der Waals surface area contributed by atoms with Crippen molar-refractivity contribution >= 4 is 0 Å². The zero-order valence-electron chi connectivity index (χ0n) is 10.3. The number of hydrogen-bond donors (Lipinski definition) is 1. The predicted molar refractivity (Wildman–Crippen MR) is 61.3 cm³/mol. The van der Waals surface area contributed by atoms with E-state index in [0.29, 0.717) is 19.3 Å². The minimum Gasteiger partial charge on any atom is -0.385 e. The highest BCUT2D eigenvalue weighted by atomic mass is 16.5. The summed E-state index contributed by atoms with van der Waals surface area (Å²) in [5.74, 6) is 0. The number of rotatable bonds is 11. The highest BCUT2D eigenvalue weighted by Gasteiger charge is 2.03. The highest BCUT2D eigenvalue weighted by Crippen LogP contribution is 1.96. The van der Waals surface area contributed by atoms with E-state index in [9.17, 15) is 0 Å². The van der Waals surface area contributed by atoms with E-state index in [1.54, 1.807) is 7.11 Å². The summed E-state index contributed by atoms with van der Waals surface area (Å²) in [6.07, 6.45) is 2.28. The molecular weight excluding hydrogens is 194 g/mol. The Labute approximate surface area is 93.3 Å². The molecule has 0 aromatic rings. The Balaban J connectivity index is 3.14. The Kier molecular flexibility index (Phi) is 11.8. The molecule has 0 bridgehead atoms. The van der Waals surface area contributed by atoms with Gasteiger partial charge in [-0.15, -0.1) is 0 Å². The predicted octanol–water partition coefficient (Wildman–Crippen LogP) is 1.05. The second-order valence-electron chi connectivity index (χ2n) is 3.42. The third kappa shape index (κ3) is 10.1. The van der Waals surface area contributed by atoms with Crippen molar-refractivity contribution in [3.05, 3.63) is 0 Å². The van der Waals surface area contributed by atoms with Crippen LogP contribution in [0.4, 0.5) is 0 Å². The molecular formula is C11H25NO3. The lowest BCUT2D eigenvalue weighted by molar-refractivity contribution is 0.00119. The van der Waals surface area contributed by atoms with Crippen molar-refractivity contribution in [1.82, 2.24) is 5.32 Å². The number of nitrogens with one attached hydrogen (secondary N) is 1. The van der Waals surface area contributed by atoms with Gasteiger partial charge in [0.2, 0.25) is 0 Å². The third-order valence-electron chi connectivity index (χ3n) is 2.11. The van der Waals surface area contributed by atoms with Gasteiger partial charge in [0.05, 0.1) is 19.3 Å². The molecule has 0 spiro atoms. The standard InChI is InChI=1S/C11H25NO3/c1-4-11(10-12-2)15-9-8-14-7-5-6-13-3/h11-12H,4-10H2,1-3H3. The molecule has 4 heteroatoms. The molecule has 92 valence electrons. The van der Waals surface area contributed by atoms with Gasteiger partial charge in [-0.3, -0.25) is 0 Å². The Morgan fingerprint density at radius 1 is 1.13 bits per heavy atom. The van der Waals surface area contributed by atoms with E-state index in [1.807, 2.05) is 7.05 Å². The van der Waals surface area contributed by atoms with Crippen LogP contribution in [0.2, 0.25) is 0 Å². The smallest absolute Gasteiger partial charge is 0.0704 e. The van der Waals surface area contributed by atoms with Crippen LogP contribution in [0.1, 0.15) is 19.8 Å². The molecule has 0 saturated carbocycles. The fourth-order valence-electron chi connectivity index (χ4n) is 1.23. The Hall–Kier alpha value is -0.160. The molecule has 0 aliphatic rings. The van der Waals surface area contributed by atoms with Gasteiger partial charge < -0.3 is 19.5 Å². The van der Waals surface area contributed by atoms with E-state index in [1.165, 1.54) is 0 Å². The zero-order valence-corrected chi connectivity index (χ0v) is 10.3. The molecule has 1 atom stereocenters. The van der Waals surface area contributed by atoms with Crippen LogP contribution in [0.3, 0.4) is 0 Å². The fourth-order valence-corrected chi connectivity index (χ4v) is 1.23. The van der Waals surface area contributed by atoms with Crippen molar-refractivity contribution in [3.63, 3.8) is 0 Å².